The third-order valence-electron chi connectivity index (χ3n) is 4.56. The number of nitrogens with one attached hydrogen (secondary N) is 1. The maximum absolute atomic E-state index is 6.28. The number of nitrogens with zero attached hydrogens (tertiary/aromatic N) is 2. The van der Waals surface area contributed by atoms with Gasteiger partial charge in [0.1, 0.15) is 0 Å². The van der Waals surface area contributed by atoms with Crippen LogP contribution in [0.5, 0.6) is 0 Å². The zero-order valence-corrected chi connectivity index (χ0v) is 13.4. The van der Waals surface area contributed by atoms with Gasteiger partial charge in [-0.05, 0) is 18.6 Å². The number of ether oxygens (including phenoxy) is 1. The highest BCUT2D eigenvalue weighted by molar-refractivity contribution is 6.33. The second-order valence-corrected chi connectivity index (χ2v) is 6.34. The molecule has 0 spiro atoms. The summed E-state index contributed by atoms with van der Waals surface area (Å²) in [5.41, 5.74) is 1.16. The summed E-state index contributed by atoms with van der Waals surface area (Å²) in [6.45, 7) is 6.40. The van der Waals surface area contributed by atoms with Gasteiger partial charge in [0.15, 0.2) is 0 Å². The van der Waals surface area contributed by atoms with Crippen molar-refractivity contribution < 1.29 is 4.74 Å². The molecule has 2 aliphatic heterocycles. The molecule has 2 saturated heterocycles. The van der Waals surface area contributed by atoms with Crippen LogP contribution in [0, 0.1) is 0 Å². The summed E-state index contributed by atoms with van der Waals surface area (Å²) in [5, 5.41) is 4.41. The van der Waals surface area contributed by atoms with Crippen LogP contribution in [0.25, 0.3) is 0 Å². The van der Waals surface area contributed by atoms with Crippen LogP contribution in [0.4, 0.5) is 5.69 Å². The van der Waals surface area contributed by atoms with E-state index in [1.54, 1.807) is 7.11 Å². The Labute approximate surface area is 132 Å². The predicted molar refractivity (Wildman–Crippen MR) is 87.3 cm³/mol. The van der Waals surface area contributed by atoms with Crippen LogP contribution in [0.2, 0.25) is 5.02 Å². The highest BCUT2D eigenvalue weighted by Crippen LogP contribution is 2.26. The Balaban J connectivity index is 1.48. The van der Waals surface area contributed by atoms with Gasteiger partial charge >= 0.3 is 0 Å². The van der Waals surface area contributed by atoms with E-state index in [0.717, 1.165) is 56.4 Å². The number of para-hydroxylation sites is 1. The van der Waals surface area contributed by atoms with E-state index in [1.807, 2.05) is 12.1 Å². The van der Waals surface area contributed by atoms with Crippen LogP contribution < -0.4 is 10.2 Å². The van der Waals surface area contributed by atoms with Crippen LogP contribution >= 0.6 is 11.6 Å². The van der Waals surface area contributed by atoms with Gasteiger partial charge in [0, 0.05) is 52.4 Å². The van der Waals surface area contributed by atoms with Crippen molar-refractivity contribution in [3.63, 3.8) is 0 Å². The summed E-state index contributed by atoms with van der Waals surface area (Å²) in [6, 6.07) is 8.69. The van der Waals surface area contributed by atoms with Gasteiger partial charge in [0.25, 0.3) is 0 Å². The molecule has 0 amide bonds. The molecule has 1 aromatic rings. The lowest BCUT2D eigenvalue weighted by Gasteiger charge is -2.37. The first-order valence-electron chi connectivity index (χ1n) is 7.74. The predicted octanol–water partition coefficient (Wildman–Crippen LogP) is 1.84. The van der Waals surface area contributed by atoms with Gasteiger partial charge in [-0.2, -0.15) is 0 Å². The Bertz CT molecular complexity index is 463. The van der Waals surface area contributed by atoms with Gasteiger partial charge in [-0.3, -0.25) is 4.90 Å². The van der Waals surface area contributed by atoms with Gasteiger partial charge in [0.05, 0.1) is 16.8 Å². The lowest BCUT2D eigenvalue weighted by Crippen LogP contribution is -2.49. The smallest absolute Gasteiger partial charge is 0.0711 e. The number of rotatable bonds is 4. The molecule has 0 saturated carbocycles. The average Bonchev–Trinajstić information content (AvgIpc) is 2.96. The fraction of sp³-hybridized carbons (Fsp3) is 0.625. The highest BCUT2D eigenvalue weighted by Gasteiger charge is 2.27. The molecule has 1 N–H and O–H groups in total. The number of methoxy groups -OCH3 is 1. The molecular weight excluding hydrogens is 286 g/mol. The van der Waals surface area contributed by atoms with Crippen molar-refractivity contribution >= 4 is 17.3 Å². The first kappa shape index (κ1) is 15.1. The molecule has 21 heavy (non-hydrogen) atoms. The molecule has 0 aromatic heterocycles. The van der Waals surface area contributed by atoms with Gasteiger partial charge in [-0.25, -0.2) is 0 Å². The molecule has 2 atom stereocenters. The van der Waals surface area contributed by atoms with E-state index < -0.39 is 0 Å². The van der Waals surface area contributed by atoms with Crippen LogP contribution in [0.1, 0.15) is 6.42 Å². The SMILES string of the molecule is COC1CNC(CN2CCN(c3ccccc3Cl)CC2)C1. The highest BCUT2D eigenvalue weighted by atomic mass is 35.5. The van der Waals surface area contributed by atoms with Crippen molar-refractivity contribution in [2.75, 3.05) is 51.3 Å². The number of halogens is 1. The minimum atomic E-state index is 0.388. The second kappa shape index (κ2) is 6.97. The van der Waals surface area contributed by atoms with Crippen molar-refractivity contribution in [3.05, 3.63) is 29.3 Å². The average molecular weight is 310 g/mol. The molecule has 0 bridgehead atoms. The topological polar surface area (TPSA) is 27.7 Å². The van der Waals surface area contributed by atoms with Crippen molar-refractivity contribution in [2.24, 2.45) is 0 Å². The number of hydrogen-bond acceptors (Lipinski definition) is 4. The first-order valence-corrected chi connectivity index (χ1v) is 8.12. The summed E-state index contributed by atoms with van der Waals surface area (Å²) in [7, 11) is 1.80. The largest absolute Gasteiger partial charge is 0.380 e. The van der Waals surface area contributed by atoms with E-state index in [4.69, 9.17) is 16.3 Å². The lowest BCUT2D eigenvalue weighted by molar-refractivity contribution is 0.115. The summed E-state index contributed by atoms with van der Waals surface area (Å²) in [6.07, 6.45) is 1.51. The van der Waals surface area contributed by atoms with Crippen molar-refractivity contribution in [2.45, 2.75) is 18.6 Å². The second-order valence-electron chi connectivity index (χ2n) is 5.94. The van der Waals surface area contributed by atoms with E-state index in [1.165, 1.54) is 0 Å². The Morgan fingerprint density at radius 2 is 2.00 bits per heavy atom. The van der Waals surface area contributed by atoms with E-state index in [-0.39, 0.29) is 0 Å². The standard InChI is InChI=1S/C16H24ClN3O/c1-21-14-10-13(18-11-14)12-19-6-8-20(9-7-19)16-5-3-2-4-15(16)17/h2-5,13-14,18H,6-12H2,1H3. The van der Waals surface area contributed by atoms with Crippen LogP contribution in [0.15, 0.2) is 24.3 Å². The van der Waals surface area contributed by atoms with Gasteiger partial charge in [-0.1, -0.05) is 23.7 Å². The number of hydrogen-bond donors (Lipinski definition) is 1. The molecule has 0 radical (unpaired) electrons. The maximum Gasteiger partial charge on any atom is 0.0711 e. The molecule has 116 valence electrons. The number of anilines is 1. The molecule has 2 unspecified atom stereocenters. The van der Waals surface area contributed by atoms with E-state index in [9.17, 15) is 0 Å². The fourth-order valence-electron chi connectivity index (χ4n) is 3.29. The molecule has 3 rings (SSSR count). The van der Waals surface area contributed by atoms with Crippen LogP contribution in [-0.4, -0.2) is 63.4 Å². The quantitative estimate of drug-likeness (QED) is 0.918. The molecule has 0 aliphatic carbocycles. The van der Waals surface area contributed by atoms with Crippen molar-refractivity contribution in [1.82, 2.24) is 10.2 Å². The summed E-state index contributed by atoms with van der Waals surface area (Å²) in [5.74, 6) is 0. The summed E-state index contributed by atoms with van der Waals surface area (Å²) >= 11 is 6.28. The monoisotopic (exact) mass is 309 g/mol. The lowest BCUT2D eigenvalue weighted by atomic mass is 10.1. The molecule has 2 aliphatic rings. The van der Waals surface area contributed by atoms with Gasteiger partial charge < -0.3 is 15.0 Å². The molecular formula is C16H24ClN3O. The van der Waals surface area contributed by atoms with Crippen molar-refractivity contribution in [1.29, 1.82) is 0 Å². The summed E-state index contributed by atoms with van der Waals surface area (Å²) < 4.78 is 5.41. The zero-order chi connectivity index (χ0) is 14.7. The molecule has 1 aromatic carbocycles. The van der Waals surface area contributed by atoms with Crippen LogP contribution in [0.3, 0.4) is 0 Å². The Morgan fingerprint density at radius 3 is 2.67 bits per heavy atom. The van der Waals surface area contributed by atoms with Crippen LogP contribution in [-0.2, 0) is 4.74 Å². The maximum atomic E-state index is 6.28. The first-order chi connectivity index (χ1) is 10.3. The molecule has 4 nitrogen and oxygen atoms in total. The van der Waals surface area contributed by atoms with E-state index in [0.29, 0.717) is 12.1 Å². The third kappa shape index (κ3) is 3.69. The van der Waals surface area contributed by atoms with E-state index >= 15 is 0 Å². The molecule has 2 heterocycles. The minimum Gasteiger partial charge on any atom is -0.380 e. The van der Waals surface area contributed by atoms with Gasteiger partial charge in [-0.15, -0.1) is 0 Å². The Hall–Kier alpha value is -0.810. The summed E-state index contributed by atoms with van der Waals surface area (Å²) in [4.78, 5) is 4.93. The fourth-order valence-corrected chi connectivity index (χ4v) is 3.55. The molecule has 2 fully saturated rings. The number of benzene rings is 1. The molecule has 5 heteroatoms. The Morgan fingerprint density at radius 1 is 1.24 bits per heavy atom. The van der Waals surface area contributed by atoms with E-state index in [2.05, 4.69) is 27.2 Å². The van der Waals surface area contributed by atoms with Gasteiger partial charge in [0.2, 0.25) is 0 Å². The normalized spacial score (nSPS) is 27.2. The van der Waals surface area contributed by atoms with Crippen molar-refractivity contribution in [3.8, 4) is 0 Å². The minimum absolute atomic E-state index is 0.388. The zero-order valence-electron chi connectivity index (χ0n) is 12.6. The number of piperazine rings is 1. The Kier molecular flexibility index (Phi) is 5.01. The third-order valence-corrected chi connectivity index (χ3v) is 4.88.